The van der Waals surface area contributed by atoms with Crippen LogP contribution >= 0.6 is 0 Å². The third-order valence-corrected chi connectivity index (χ3v) is 2.57. The average molecular weight is 263 g/mol. The molecule has 0 saturated heterocycles. The lowest BCUT2D eigenvalue weighted by molar-refractivity contribution is -0.127. The van der Waals surface area contributed by atoms with Crippen LogP contribution in [0.3, 0.4) is 0 Å². The van der Waals surface area contributed by atoms with Crippen molar-refractivity contribution in [1.82, 2.24) is 0 Å². The first-order chi connectivity index (χ1) is 8.93. The Morgan fingerprint density at radius 2 is 1.74 bits per heavy atom. The summed E-state index contributed by atoms with van der Waals surface area (Å²) in [6, 6.07) is 6.27. The molecule has 0 aromatic heterocycles. The zero-order valence-corrected chi connectivity index (χ0v) is 11.2. The first-order valence-electron chi connectivity index (χ1n) is 5.95. The highest BCUT2D eigenvalue weighted by molar-refractivity contribution is 6.05. The van der Waals surface area contributed by atoms with Crippen LogP contribution in [-0.2, 0) is 14.3 Å². The summed E-state index contributed by atoms with van der Waals surface area (Å²) in [5.74, 6) is -1.06. The summed E-state index contributed by atoms with van der Waals surface area (Å²) < 4.78 is 4.57. The monoisotopic (exact) mass is 263 g/mol. The number of esters is 1. The molecule has 0 aliphatic heterocycles. The van der Waals surface area contributed by atoms with Gasteiger partial charge in [0.25, 0.3) is 0 Å². The van der Waals surface area contributed by atoms with Gasteiger partial charge < -0.3 is 10.1 Å². The Labute approximate surface area is 111 Å². The van der Waals surface area contributed by atoms with Crippen molar-refractivity contribution >= 4 is 23.3 Å². The highest BCUT2D eigenvalue weighted by Gasteiger charge is 2.13. The number of methoxy groups -OCH3 is 1. The molecule has 0 unspecified atom stereocenters. The molecule has 1 aromatic carbocycles. The molecule has 1 aromatic rings. The van der Waals surface area contributed by atoms with Gasteiger partial charge in [0, 0.05) is 11.6 Å². The SMILES string of the molecule is COC(=O)c1ccc(NC(=O)CC(=O)C(C)C)cc1. The van der Waals surface area contributed by atoms with Crippen LogP contribution in [0.15, 0.2) is 24.3 Å². The lowest BCUT2D eigenvalue weighted by Crippen LogP contribution is -2.19. The Hall–Kier alpha value is -2.17. The van der Waals surface area contributed by atoms with Crippen LogP contribution in [0.5, 0.6) is 0 Å². The van der Waals surface area contributed by atoms with Crippen LogP contribution in [0.25, 0.3) is 0 Å². The van der Waals surface area contributed by atoms with Crippen molar-refractivity contribution < 1.29 is 19.1 Å². The molecule has 0 heterocycles. The topological polar surface area (TPSA) is 72.5 Å². The Kier molecular flexibility index (Phi) is 5.23. The van der Waals surface area contributed by atoms with E-state index in [1.54, 1.807) is 38.1 Å². The number of ketones is 1. The third-order valence-electron chi connectivity index (χ3n) is 2.57. The number of carbonyl (C=O) groups is 3. The van der Waals surface area contributed by atoms with Crippen molar-refractivity contribution in [2.75, 3.05) is 12.4 Å². The van der Waals surface area contributed by atoms with Gasteiger partial charge in [-0.2, -0.15) is 0 Å². The quantitative estimate of drug-likeness (QED) is 0.651. The number of rotatable bonds is 5. The summed E-state index contributed by atoms with van der Waals surface area (Å²) in [5.41, 5.74) is 0.938. The third kappa shape index (κ3) is 4.54. The van der Waals surface area contributed by atoms with Crippen LogP contribution in [0.2, 0.25) is 0 Å². The van der Waals surface area contributed by atoms with Crippen molar-refractivity contribution in [2.24, 2.45) is 5.92 Å². The number of ether oxygens (including phenoxy) is 1. The van der Waals surface area contributed by atoms with Crippen LogP contribution in [0.1, 0.15) is 30.6 Å². The number of amides is 1. The summed E-state index contributed by atoms with van der Waals surface area (Å²) in [6.45, 7) is 3.50. The van der Waals surface area contributed by atoms with Gasteiger partial charge in [0.15, 0.2) is 0 Å². The molecule has 0 spiro atoms. The lowest BCUT2D eigenvalue weighted by atomic mass is 10.1. The molecule has 1 rings (SSSR count). The molecule has 102 valence electrons. The molecule has 0 aliphatic rings. The molecule has 19 heavy (non-hydrogen) atoms. The molecule has 0 atom stereocenters. The van der Waals surface area contributed by atoms with Gasteiger partial charge in [0.05, 0.1) is 19.1 Å². The molecule has 0 bridgehead atoms. The number of hydrogen-bond donors (Lipinski definition) is 1. The largest absolute Gasteiger partial charge is 0.465 e. The Balaban J connectivity index is 2.61. The summed E-state index contributed by atoms with van der Waals surface area (Å²) in [7, 11) is 1.30. The van der Waals surface area contributed by atoms with E-state index >= 15 is 0 Å². The van der Waals surface area contributed by atoms with E-state index in [1.807, 2.05) is 0 Å². The van der Waals surface area contributed by atoms with Gasteiger partial charge >= 0.3 is 5.97 Å². The minimum absolute atomic E-state index is 0.108. The maximum Gasteiger partial charge on any atom is 0.337 e. The molecule has 5 nitrogen and oxygen atoms in total. The summed E-state index contributed by atoms with van der Waals surface area (Å²) in [6.07, 6.45) is -0.142. The highest BCUT2D eigenvalue weighted by atomic mass is 16.5. The summed E-state index contributed by atoms with van der Waals surface area (Å²) >= 11 is 0. The zero-order valence-electron chi connectivity index (χ0n) is 11.2. The minimum Gasteiger partial charge on any atom is -0.465 e. The predicted octanol–water partition coefficient (Wildman–Crippen LogP) is 2.03. The van der Waals surface area contributed by atoms with E-state index in [4.69, 9.17) is 0 Å². The first-order valence-corrected chi connectivity index (χ1v) is 5.95. The Bertz CT molecular complexity index is 477. The van der Waals surface area contributed by atoms with Crippen LogP contribution in [0.4, 0.5) is 5.69 Å². The van der Waals surface area contributed by atoms with E-state index in [-0.39, 0.29) is 24.0 Å². The normalized spacial score (nSPS) is 10.1. The van der Waals surface area contributed by atoms with Crippen LogP contribution in [-0.4, -0.2) is 24.8 Å². The standard InChI is InChI=1S/C14H17NO4/c1-9(2)12(16)8-13(17)15-11-6-4-10(5-7-11)14(18)19-3/h4-7,9H,8H2,1-3H3,(H,15,17). The van der Waals surface area contributed by atoms with Gasteiger partial charge in [-0.15, -0.1) is 0 Å². The second kappa shape index (κ2) is 6.68. The molecule has 1 N–H and O–H groups in total. The lowest BCUT2D eigenvalue weighted by Gasteiger charge is -2.07. The molecule has 1 amide bonds. The van der Waals surface area contributed by atoms with E-state index in [0.29, 0.717) is 11.3 Å². The summed E-state index contributed by atoms with van der Waals surface area (Å²) in [4.78, 5) is 34.2. The van der Waals surface area contributed by atoms with Crippen molar-refractivity contribution in [2.45, 2.75) is 20.3 Å². The second-order valence-corrected chi connectivity index (χ2v) is 4.41. The van der Waals surface area contributed by atoms with Gasteiger partial charge in [-0.25, -0.2) is 4.79 Å². The van der Waals surface area contributed by atoms with Crippen molar-refractivity contribution in [1.29, 1.82) is 0 Å². The number of Topliss-reactive ketones (excluding diaryl/α,β-unsaturated/α-hetero) is 1. The van der Waals surface area contributed by atoms with Gasteiger partial charge in [-0.3, -0.25) is 9.59 Å². The number of benzene rings is 1. The maximum atomic E-state index is 11.6. The summed E-state index contributed by atoms with van der Waals surface area (Å²) in [5, 5.41) is 2.60. The first kappa shape index (κ1) is 14.9. The zero-order chi connectivity index (χ0) is 14.4. The number of carbonyl (C=O) groups excluding carboxylic acids is 3. The van der Waals surface area contributed by atoms with Crippen LogP contribution in [0, 0.1) is 5.92 Å². The van der Waals surface area contributed by atoms with E-state index in [2.05, 4.69) is 10.1 Å². The minimum atomic E-state index is -0.437. The van der Waals surface area contributed by atoms with Gasteiger partial charge in [0.2, 0.25) is 5.91 Å². The number of anilines is 1. The fourth-order valence-corrected chi connectivity index (χ4v) is 1.38. The maximum absolute atomic E-state index is 11.6. The molecular formula is C14H17NO4. The molecule has 0 radical (unpaired) electrons. The van der Waals surface area contributed by atoms with Crippen molar-refractivity contribution in [3.63, 3.8) is 0 Å². The Morgan fingerprint density at radius 1 is 1.16 bits per heavy atom. The van der Waals surface area contributed by atoms with E-state index < -0.39 is 5.97 Å². The van der Waals surface area contributed by atoms with Crippen LogP contribution < -0.4 is 5.32 Å². The van der Waals surface area contributed by atoms with Gasteiger partial charge in [0.1, 0.15) is 5.78 Å². The highest BCUT2D eigenvalue weighted by Crippen LogP contribution is 2.11. The molecular weight excluding hydrogens is 246 g/mol. The Morgan fingerprint density at radius 3 is 2.21 bits per heavy atom. The molecule has 0 saturated carbocycles. The van der Waals surface area contributed by atoms with Gasteiger partial charge in [-0.05, 0) is 24.3 Å². The number of nitrogens with one attached hydrogen (secondary N) is 1. The molecule has 5 heteroatoms. The fraction of sp³-hybridized carbons (Fsp3) is 0.357. The molecule has 0 fully saturated rings. The van der Waals surface area contributed by atoms with E-state index in [9.17, 15) is 14.4 Å². The smallest absolute Gasteiger partial charge is 0.337 e. The molecule has 0 aliphatic carbocycles. The van der Waals surface area contributed by atoms with Gasteiger partial charge in [-0.1, -0.05) is 13.8 Å². The number of hydrogen-bond acceptors (Lipinski definition) is 4. The van der Waals surface area contributed by atoms with Crippen molar-refractivity contribution in [3.8, 4) is 0 Å². The van der Waals surface area contributed by atoms with E-state index in [0.717, 1.165) is 0 Å². The second-order valence-electron chi connectivity index (χ2n) is 4.41. The van der Waals surface area contributed by atoms with E-state index in [1.165, 1.54) is 7.11 Å². The fourth-order valence-electron chi connectivity index (χ4n) is 1.38. The average Bonchev–Trinajstić information content (AvgIpc) is 2.38. The van der Waals surface area contributed by atoms with Crippen molar-refractivity contribution in [3.05, 3.63) is 29.8 Å². The predicted molar refractivity (Wildman–Crippen MR) is 70.9 cm³/mol.